The maximum Gasteiger partial charge on any atom is 0.253 e. The molecule has 0 saturated carbocycles. The molecule has 3 aromatic heterocycles. The summed E-state index contributed by atoms with van der Waals surface area (Å²) in [5.74, 6) is 0.339. The van der Waals surface area contributed by atoms with Crippen molar-refractivity contribution < 1.29 is 4.79 Å². The Kier molecular flexibility index (Phi) is 4.74. The lowest BCUT2D eigenvalue weighted by Gasteiger charge is -2.20. The van der Waals surface area contributed by atoms with Gasteiger partial charge in [-0.3, -0.25) is 4.79 Å². The molecule has 0 radical (unpaired) electrons. The van der Waals surface area contributed by atoms with Crippen molar-refractivity contribution >= 4 is 46.1 Å². The van der Waals surface area contributed by atoms with Crippen LogP contribution in [0.25, 0.3) is 0 Å². The van der Waals surface area contributed by atoms with Crippen molar-refractivity contribution in [1.29, 1.82) is 0 Å². The van der Waals surface area contributed by atoms with Gasteiger partial charge in [0.15, 0.2) is 5.16 Å². The second-order valence-electron chi connectivity index (χ2n) is 5.61. The van der Waals surface area contributed by atoms with E-state index in [1.165, 1.54) is 16.6 Å². The second kappa shape index (κ2) is 7.15. The highest BCUT2D eigenvalue weighted by atomic mass is 32.2. The highest BCUT2D eigenvalue weighted by Gasteiger charge is 2.34. The number of thioether (sulfide) groups is 1. The van der Waals surface area contributed by atoms with Crippen LogP contribution < -0.4 is 0 Å². The summed E-state index contributed by atoms with van der Waals surface area (Å²) in [5, 5.41) is 11.3. The molecular weight excluding hydrogens is 372 g/mol. The third-order valence-corrected chi connectivity index (χ3v) is 6.88. The predicted octanol–water partition coefficient (Wildman–Crippen LogP) is 4.01. The van der Waals surface area contributed by atoms with Crippen molar-refractivity contribution in [2.45, 2.75) is 17.6 Å². The van der Waals surface area contributed by atoms with Crippen molar-refractivity contribution in [2.24, 2.45) is 12.1 Å². The first-order chi connectivity index (χ1) is 12.2. The number of carbonyl (C=O) groups excluding carboxylic acids is 1. The summed E-state index contributed by atoms with van der Waals surface area (Å²) in [6.07, 6.45) is 4.38. The Morgan fingerprint density at radius 3 is 2.84 bits per heavy atom. The van der Waals surface area contributed by atoms with E-state index >= 15 is 0 Å². The highest BCUT2D eigenvalue weighted by Crippen LogP contribution is 2.36. The average molecular weight is 389 g/mol. The second-order valence-corrected chi connectivity index (χ2v) is 8.48. The van der Waals surface area contributed by atoms with E-state index < -0.39 is 0 Å². The van der Waals surface area contributed by atoms with Crippen LogP contribution in [0.2, 0.25) is 0 Å². The fourth-order valence-electron chi connectivity index (χ4n) is 2.72. The summed E-state index contributed by atoms with van der Waals surface area (Å²) in [4.78, 5) is 19.4. The van der Waals surface area contributed by atoms with Gasteiger partial charge < -0.3 is 4.57 Å². The minimum atomic E-state index is -0.00780. The van der Waals surface area contributed by atoms with Gasteiger partial charge >= 0.3 is 0 Å². The maximum absolute atomic E-state index is 12.8. The van der Waals surface area contributed by atoms with E-state index in [4.69, 9.17) is 0 Å². The van der Waals surface area contributed by atoms with E-state index in [1.807, 2.05) is 40.7 Å². The molecule has 4 rings (SSSR count). The highest BCUT2D eigenvalue weighted by molar-refractivity contribution is 7.99. The minimum Gasteiger partial charge on any atom is -0.329 e. The Morgan fingerprint density at radius 1 is 1.32 bits per heavy atom. The molecule has 128 valence electrons. The van der Waals surface area contributed by atoms with Gasteiger partial charge in [0.05, 0.1) is 22.4 Å². The molecule has 0 N–H and O–H groups in total. The van der Waals surface area contributed by atoms with E-state index in [0.29, 0.717) is 5.75 Å². The standard InChI is InChI=1S/C17H16N4OS3/c1-20-7-6-18-17(20)25-11-16(22)21-13(15-5-3-9-24-15)10-12(19-21)14-4-2-8-23-14/h2-9,13H,10-11H2,1H3. The number of thiophene rings is 2. The number of amides is 1. The lowest BCUT2D eigenvalue weighted by molar-refractivity contribution is -0.130. The van der Waals surface area contributed by atoms with Crippen molar-refractivity contribution in [3.63, 3.8) is 0 Å². The summed E-state index contributed by atoms with van der Waals surface area (Å²) >= 11 is 4.78. The van der Waals surface area contributed by atoms with Crippen LogP contribution in [0, 0.1) is 0 Å². The number of rotatable bonds is 5. The van der Waals surface area contributed by atoms with Gasteiger partial charge in [0.1, 0.15) is 0 Å². The zero-order valence-corrected chi connectivity index (χ0v) is 16.0. The van der Waals surface area contributed by atoms with Crippen molar-refractivity contribution in [1.82, 2.24) is 14.6 Å². The number of hydrogen-bond acceptors (Lipinski definition) is 6. The molecule has 0 spiro atoms. The fraction of sp³-hybridized carbons (Fsp3) is 0.235. The zero-order valence-electron chi connectivity index (χ0n) is 13.5. The monoisotopic (exact) mass is 388 g/mol. The summed E-state index contributed by atoms with van der Waals surface area (Å²) in [6, 6.07) is 8.17. The minimum absolute atomic E-state index is 0.00780. The molecule has 5 nitrogen and oxygen atoms in total. The molecule has 1 unspecified atom stereocenters. The molecule has 3 aromatic rings. The third-order valence-electron chi connectivity index (χ3n) is 3.94. The van der Waals surface area contributed by atoms with E-state index in [9.17, 15) is 4.79 Å². The SMILES string of the molecule is Cn1ccnc1SCC(=O)N1N=C(c2cccs2)CC1c1cccs1. The van der Waals surface area contributed by atoms with Crippen LogP contribution in [0.15, 0.2) is 57.7 Å². The molecule has 0 fully saturated rings. The molecule has 0 aliphatic carbocycles. The number of aryl methyl sites for hydroxylation is 1. The van der Waals surface area contributed by atoms with Crippen LogP contribution in [0.5, 0.6) is 0 Å². The van der Waals surface area contributed by atoms with Crippen LogP contribution in [0.1, 0.15) is 22.2 Å². The van der Waals surface area contributed by atoms with Crippen molar-refractivity contribution in [2.75, 3.05) is 5.75 Å². The van der Waals surface area contributed by atoms with Crippen LogP contribution in [-0.4, -0.2) is 31.9 Å². The van der Waals surface area contributed by atoms with Crippen molar-refractivity contribution in [3.05, 3.63) is 57.2 Å². The van der Waals surface area contributed by atoms with Gasteiger partial charge in [-0.05, 0) is 22.9 Å². The molecule has 4 heterocycles. The number of nitrogens with zero attached hydrogens (tertiary/aromatic N) is 4. The summed E-state index contributed by atoms with van der Waals surface area (Å²) in [5.41, 5.74) is 0.990. The predicted molar refractivity (Wildman–Crippen MR) is 103 cm³/mol. The number of hydrazone groups is 1. The Balaban J connectivity index is 1.55. The van der Waals surface area contributed by atoms with E-state index in [1.54, 1.807) is 33.9 Å². The largest absolute Gasteiger partial charge is 0.329 e. The molecule has 1 atom stereocenters. The molecular formula is C17H16N4OS3. The topological polar surface area (TPSA) is 50.5 Å². The zero-order chi connectivity index (χ0) is 17.2. The smallest absolute Gasteiger partial charge is 0.253 e. The number of hydrogen-bond donors (Lipinski definition) is 0. The molecule has 1 aliphatic rings. The first-order valence-electron chi connectivity index (χ1n) is 7.79. The molecule has 0 bridgehead atoms. The Labute approximate surface area is 158 Å². The lowest BCUT2D eigenvalue weighted by Crippen LogP contribution is -2.28. The van der Waals surface area contributed by atoms with Gasteiger partial charge in [-0.2, -0.15) is 5.10 Å². The first kappa shape index (κ1) is 16.6. The first-order valence-corrected chi connectivity index (χ1v) is 10.5. The van der Waals surface area contributed by atoms with Gasteiger partial charge in [-0.25, -0.2) is 9.99 Å². The molecule has 25 heavy (non-hydrogen) atoms. The van der Waals surface area contributed by atoms with Gasteiger partial charge in [0, 0.05) is 30.7 Å². The van der Waals surface area contributed by atoms with E-state index in [0.717, 1.165) is 22.2 Å². The summed E-state index contributed by atoms with van der Waals surface area (Å²) in [6.45, 7) is 0. The molecule has 0 saturated heterocycles. The van der Waals surface area contributed by atoms with E-state index in [-0.39, 0.29) is 11.9 Å². The Bertz CT molecular complexity index is 883. The third kappa shape index (κ3) is 3.42. The number of aromatic nitrogens is 2. The molecule has 1 amide bonds. The maximum atomic E-state index is 12.8. The van der Waals surface area contributed by atoms with Crippen LogP contribution in [0.4, 0.5) is 0 Å². The van der Waals surface area contributed by atoms with Gasteiger partial charge in [-0.15, -0.1) is 22.7 Å². The fourth-order valence-corrected chi connectivity index (χ4v) is 5.04. The van der Waals surface area contributed by atoms with Crippen LogP contribution in [0.3, 0.4) is 0 Å². The number of carbonyl (C=O) groups is 1. The Morgan fingerprint density at radius 2 is 2.16 bits per heavy atom. The van der Waals surface area contributed by atoms with Gasteiger partial charge in [0.25, 0.3) is 5.91 Å². The van der Waals surface area contributed by atoms with Crippen LogP contribution in [-0.2, 0) is 11.8 Å². The number of imidazole rings is 1. The average Bonchev–Trinajstić information content (AvgIpc) is 3.38. The summed E-state index contributed by atoms with van der Waals surface area (Å²) < 4.78 is 1.92. The summed E-state index contributed by atoms with van der Waals surface area (Å²) in [7, 11) is 1.93. The Hall–Kier alpha value is -1.90. The van der Waals surface area contributed by atoms with Crippen LogP contribution >= 0.6 is 34.4 Å². The normalized spacial score (nSPS) is 17.1. The van der Waals surface area contributed by atoms with E-state index in [2.05, 4.69) is 22.2 Å². The molecule has 0 aromatic carbocycles. The quantitative estimate of drug-likeness (QED) is 0.621. The van der Waals surface area contributed by atoms with Crippen molar-refractivity contribution in [3.8, 4) is 0 Å². The molecule has 8 heteroatoms. The van der Waals surface area contributed by atoms with Gasteiger partial charge in [-0.1, -0.05) is 23.9 Å². The molecule has 1 aliphatic heterocycles. The van der Waals surface area contributed by atoms with Gasteiger partial charge in [0.2, 0.25) is 0 Å². The lowest BCUT2D eigenvalue weighted by atomic mass is 10.1.